The topological polar surface area (TPSA) is 26.0 Å². The summed E-state index contributed by atoms with van der Waals surface area (Å²) in [6, 6.07) is 0. The Morgan fingerprint density at radius 1 is 0.833 bits per heavy atom. The summed E-state index contributed by atoms with van der Waals surface area (Å²) in [6.07, 6.45) is 4.55. The van der Waals surface area contributed by atoms with Gasteiger partial charge in [0.15, 0.2) is 0 Å². The van der Waals surface area contributed by atoms with Crippen molar-refractivity contribution < 1.29 is 0 Å². The average Bonchev–Trinajstić information content (AvgIpc) is 2.30. The fourth-order valence-corrected chi connectivity index (χ4v) is 0.833. The second-order valence-electron chi connectivity index (χ2n) is 5.95. The van der Waals surface area contributed by atoms with Gasteiger partial charge in [0.2, 0.25) is 0 Å². The van der Waals surface area contributed by atoms with Crippen LogP contribution in [-0.2, 0) is 0 Å². The molecule has 1 unspecified atom stereocenters. The number of hydrogen-bond donors (Lipinski definition) is 1. The van der Waals surface area contributed by atoms with E-state index in [9.17, 15) is 0 Å². The number of hydrogen-bond acceptors (Lipinski definition) is 1. The van der Waals surface area contributed by atoms with Crippen LogP contribution < -0.4 is 5.73 Å². The molecule has 0 aliphatic carbocycles. The van der Waals surface area contributed by atoms with E-state index in [1.54, 1.807) is 0 Å². The third-order valence-electron chi connectivity index (χ3n) is 3.48. The Bertz CT molecular complexity index is 194. The SMILES string of the molecule is CC.CC.CC(/C=C\C(C)(C)C(C)C)C(C)(C)N. The first-order chi connectivity index (χ1) is 8.07. The maximum Gasteiger partial charge on any atom is 0.0157 e. The molecule has 0 aromatic rings. The zero-order chi connectivity index (χ0) is 15.6. The third-order valence-corrected chi connectivity index (χ3v) is 3.48. The van der Waals surface area contributed by atoms with Crippen LogP contribution >= 0.6 is 0 Å². The van der Waals surface area contributed by atoms with Crippen molar-refractivity contribution in [3.05, 3.63) is 12.2 Å². The van der Waals surface area contributed by atoms with Crippen LogP contribution in [0.15, 0.2) is 12.2 Å². The Balaban J connectivity index is -0.000000506. The van der Waals surface area contributed by atoms with Gasteiger partial charge in [0.25, 0.3) is 0 Å². The second kappa shape index (κ2) is 10.6. The van der Waals surface area contributed by atoms with Crippen molar-refractivity contribution in [3.8, 4) is 0 Å². The Morgan fingerprint density at radius 3 is 1.39 bits per heavy atom. The first kappa shape index (κ1) is 22.8. The molecule has 0 rings (SSSR count). The van der Waals surface area contributed by atoms with Gasteiger partial charge in [0, 0.05) is 5.54 Å². The molecule has 0 aliphatic rings. The molecule has 1 heteroatoms. The highest BCUT2D eigenvalue weighted by atomic mass is 14.7. The molecule has 0 heterocycles. The molecule has 0 aliphatic heterocycles. The first-order valence-electron chi connectivity index (χ1n) is 7.55. The Morgan fingerprint density at radius 2 is 1.17 bits per heavy atom. The summed E-state index contributed by atoms with van der Waals surface area (Å²) in [5.74, 6) is 1.08. The number of allylic oxidation sites excluding steroid dienone is 1. The third kappa shape index (κ3) is 10.8. The molecule has 0 bridgehead atoms. The summed E-state index contributed by atoms with van der Waals surface area (Å²) < 4.78 is 0. The van der Waals surface area contributed by atoms with Crippen molar-refractivity contribution in [3.63, 3.8) is 0 Å². The normalized spacial score (nSPS) is 13.6. The van der Waals surface area contributed by atoms with E-state index in [-0.39, 0.29) is 11.0 Å². The van der Waals surface area contributed by atoms with E-state index in [2.05, 4.69) is 60.6 Å². The molecule has 112 valence electrons. The van der Waals surface area contributed by atoms with Gasteiger partial charge in [-0.15, -0.1) is 0 Å². The largest absolute Gasteiger partial charge is 0.325 e. The fourth-order valence-electron chi connectivity index (χ4n) is 0.833. The van der Waals surface area contributed by atoms with Gasteiger partial charge in [-0.05, 0) is 31.1 Å². The van der Waals surface area contributed by atoms with E-state index in [0.717, 1.165) is 0 Å². The van der Waals surface area contributed by atoms with E-state index >= 15 is 0 Å². The highest BCUT2D eigenvalue weighted by molar-refractivity contribution is 5.02. The Kier molecular flexibility index (Phi) is 13.5. The summed E-state index contributed by atoms with van der Waals surface area (Å²) in [4.78, 5) is 0. The average molecular weight is 258 g/mol. The summed E-state index contributed by atoms with van der Waals surface area (Å²) >= 11 is 0. The predicted molar refractivity (Wildman–Crippen MR) is 87.9 cm³/mol. The fraction of sp³-hybridized carbons (Fsp3) is 0.882. The molecule has 0 radical (unpaired) electrons. The van der Waals surface area contributed by atoms with Gasteiger partial charge in [0.05, 0.1) is 0 Å². The molecule has 0 amide bonds. The number of nitrogens with two attached hydrogens (primary N) is 1. The standard InChI is InChI=1S/C13H27N.2C2H6/c1-10(2)12(4,5)9-8-11(3)13(6,7)14;2*1-2/h8-11H,14H2,1-7H3;2*1-2H3/b9-8-;;. The van der Waals surface area contributed by atoms with E-state index < -0.39 is 0 Å². The lowest BCUT2D eigenvalue weighted by Crippen LogP contribution is -2.38. The van der Waals surface area contributed by atoms with Crippen molar-refractivity contribution >= 4 is 0 Å². The van der Waals surface area contributed by atoms with Crippen molar-refractivity contribution in [1.29, 1.82) is 0 Å². The smallest absolute Gasteiger partial charge is 0.0157 e. The quantitative estimate of drug-likeness (QED) is 0.647. The van der Waals surface area contributed by atoms with E-state index in [0.29, 0.717) is 11.8 Å². The van der Waals surface area contributed by atoms with E-state index in [1.165, 1.54) is 0 Å². The molecule has 0 aromatic heterocycles. The lowest BCUT2D eigenvalue weighted by atomic mass is 9.79. The minimum absolute atomic E-state index is 0.121. The first-order valence-corrected chi connectivity index (χ1v) is 7.55. The van der Waals surface area contributed by atoms with Crippen LogP contribution in [0.25, 0.3) is 0 Å². The van der Waals surface area contributed by atoms with Crippen molar-refractivity contribution in [1.82, 2.24) is 0 Å². The molecular weight excluding hydrogens is 218 g/mol. The predicted octanol–water partition coefficient (Wildman–Crippen LogP) is 5.65. The van der Waals surface area contributed by atoms with Gasteiger partial charge in [-0.1, -0.05) is 74.5 Å². The van der Waals surface area contributed by atoms with Gasteiger partial charge >= 0.3 is 0 Å². The molecule has 0 saturated heterocycles. The van der Waals surface area contributed by atoms with Crippen LogP contribution in [0.1, 0.15) is 76.2 Å². The molecule has 18 heavy (non-hydrogen) atoms. The zero-order valence-electron chi connectivity index (χ0n) is 14.9. The van der Waals surface area contributed by atoms with E-state index in [1.807, 2.05) is 27.7 Å². The van der Waals surface area contributed by atoms with Crippen LogP contribution in [-0.4, -0.2) is 5.54 Å². The highest BCUT2D eigenvalue weighted by Gasteiger charge is 2.21. The molecule has 0 saturated carbocycles. The maximum absolute atomic E-state index is 6.03. The minimum atomic E-state index is -0.121. The summed E-state index contributed by atoms with van der Waals surface area (Å²) in [5.41, 5.74) is 6.18. The van der Waals surface area contributed by atoms with Crippen molar-refractivity contribution in [2.75, 3.05) is 0 Å². The Hall–Kier alpha value is -0.300. The molecular formula is C17H39N. The summed E-state index contributed by atoms with van der Waals surface area (Å²) in [6.45, 7) is 23.4. The highest BCUT2D eigenvalue weighted by Crippen LogP contribution is 2.29. The van der Waals surface area contributed by atoms with Crippen molar-refractivity contribution in [2.45, 2.75) is 81.7 Å². The second-order valence-corrected chi connectivity index (χ2v) is 5.95. The van der Waals surface area contributed by atoms with Crippen LogP contribution in [0, 0.1) is 17.3 Å². The van der Waals surface area contributed by atoms with Gasteiger partial charge in [-0.25, -0.2) is 0 Å². The van der Waals surface area contributed by atoms with Gasteiger partial charge in [0.1, 0.15) is 0 Å². The van der Waals surface area contributed by atoms with E-state index in [4.69, 9.17) is 5.73 Å². The van der Waals surface area contributed by atoms with Crippen molar-refractivity contribution in [2.24, 2.45) is 23.0 Å². The monoisotopic (exact) mass is 257 g/mol. The minimum Gasteiger partial charge on any atom is -0.325 e. The van der Waals surface area contributed by atoms with Crippen LogP contribution in [0.4, 0.5) is 0 Å². The maximum atomic E-state index is 6.03. The van der Waals surface area contributed by atoms with Gasteiger partial charge in [-0.3, -0.25) is 0 Å². The van der Waals surface area contributed by atoms with Crippen LogP contribution in [0.3, 0.4) is 0 Å². The zero-order valence-corrected chi connectivity index (χ0v) is 14.9. The summed E-state index contributed by atoms with van der Waals surface area (Å²) in [5, 5.41) is 0. The summed E-state index contributed by atoms with van der Waals surface area (Å²) in [7, 11) is 0. The lowest BCUT2D eigenvalue weighted by Gasteiger charge is -2.28. The molecule has 0 spiro atoms. The van der Waals surface area contributed by atoms with Gasteiger partial charge in [-0.2, -0.15) is 0 Å². The Labute approximate surface area is 117 Å². The lowest BCUT2D eigenvalue weighted by molar-refractivity contribution is 0.327. The molecule has 0 aromatic carbocycles. The van der Waals surface area contributed by atoms with Crippen LogP contribution in [0.2, 0.25) is 0 Å². The molecule has 1 nitrogen and oxygen atoms in total. The van der Waals surface area contributed by atoms with Crippen LogP contribution in [0.5, 0.6) is 0 Å². The van der Waals surface area contributed by atoms with Gasteiger partial charge < -0.3 is 5.73 Å². The molecule has 0 fully saturated rings. The molecule has 2 N–H and O–H groups in total. The number of rotatable bonds is 4. The molecule has 1 atom stereocenters.